The topological polar surface area (TPSA) is 82.7 Å². The summed E-state index contributed by atoms with van der Waals surface area (Å²) in [6.45, 7) is 0.129. The fourth-order valence-corrected chi connectivity index (χ4v) is 1.59. The molecule has 5 nitrogen and oxygen atoms in total. The number of aliphatic hydroxyl groups is 1. The Morgan fingerprint density at radius 1 is 1.26 bits per heavy atom. The van der Waals surface area contributed by atoms with E-state index in [-0.39, 0.29) is 12.2 Å². The van der Waals surface area contributed by atoms with Crippen molar-refractivity contribution < 1.29 is 23.8 Å². The predicted octanol–water partition coefficient (Wildman–Crippen LogP) is 2.22. The molecule has 0 spiro atoms. The lowest BCUT2D eigenvalue weighted by Crippen LogP contribution is -2.04. The summed E-state index contributed by atoms with van der Waals surface area (Å²) in [5, 5.41) is 20.6. The fraction of sp³-hybridized carbons (Fsp3) is 0.154. The minimum atomic E-state index is -1.32. The van der Waals surface area contributed by atoms with Crippen LogP contribution in [0.15, 0.2) is 34.7 Å². The van der Waals surface area contributed by atoms with E-state index in [0.717, 1.165) is 6.07 Å². The Morgan fingerprint density at radius 2 is 2.00 bits per heavy atom. The van der Waals surface area contributed by atoms with E-state index in [4.69, 9.17) is 14.6 Å². The van der Waals surface area contributed by atoms with Crippen molar-refractivity contribution in [2.24, 2.45) is 0 Å². The monoisotopic (exact) mass is 265 g/mol. The van der Waals surface area contributed by atoms with Crippen LogP contribution in [0.5, 0.6) is 0 Å². The van der Waals surface area contributed by atoms with Crippen LogP contribution in [0.2, 0.25) is 0 Å². The van der Waals surface area contributed by atoms with Gasteiger partial charge in [-0.3, -0.25) is 0 Å². The van der Waals surface area contributed by atoms with Crippen LogP contribution in [-0.2, 0) is 13.2 Å². The molecule has 2 rings (SSSR count). The van der Waals surface area contributed by atoms with Gasteiger partial charge in [-0.2, -0.15) is 0 Å². The number of aromatic carboxylic acids is 1. The highest BCUT2D eigenvalue weighted by Crippen LogP contribution is 2.16. The van der Waals surface area contributed by atoms with Crippen LogP contribution < -0.4 is 5.32 Å². The minimum absolute atomic E-state index is 0.181. The zero-order chi connectivity index (χ0) is 13.8. The zero-order valence-corrected chi connectivity index (χ0v) is 9.89. The van der Waals surface area contributed by atoms with Gasteiger partial charge in [0.2, 0.25) is 0 Å². The second-order valence-corrected chi connectivity index (χ2v) is 3.88. The fourth-order valence-electron chi connectivity index (χ4n) is 1.59. The molecule has 19 heavy (non-hydrogen) atoms. The quantitative estimate of drug-likeness (QED) is 0.772. The van der Waals surface area contributed by atoms with E-state index < -0.39 is 11.8 Å². The Morgan fingerprint density at radius 3 is 2.63 bits per heavy atom. The van der Waals surface area contributed by atoms with Gasteiger partial charge in [0, 0.05) is 5.69 Å². The highest BCUT2D eigenvalue weighted by molar-refractivity contribution is 5.89. The molecule has 0 atom stereocenters. The Bertz CT molecular complexity index is 594. The lowest BCUT2D eigenvalue weighted by Gasteiger charge is -2.06. The van der Waals surface area contributed by atoms with Gasteiger partial charge in [-0.25, -0.2) is 9.18 Å². The number of anilines is 1. The van der Waals surface area contributed by atoms with Crippen molar-refractivity contribution in [2.45, 2.75) is 13.2 Å². The largest absolute Gasteiger partial charge is 0.478 e. The summed E-state index contributed by atoms with van der Waals surface area (Å²) in [5.41, 5.74) is 0.0845. The normalized spacial score (nSPS) is 10.4. The molecule has 1 heterocycles. The van der Waals surface area contributed by atoms with Gasteiger partial charge in [0.1, 0.15) is 23.9 Å². The molecule has 0 amide bonds. The van der Waals surface area contributed by atoms with E-state index in [1.54, 1.807) is 12.1 Å². The number of carboxylic acids is 1. The molecule has 0 aliphatic heterocycles. The van der Waals surface area contributed by atoms with Crippen molar-refractivity contribution in [3.8, 4) is 0 Å². The molecule has 0 saturated carbocycles. The number of benzene rings is 1. The number of furan rings is 1. The molecule has 0 fully saturated rings. The number of hydrogen-bond donors (Lipinski definition) is 3. The maximum Gasteiger partial charge on any atom is 0.338 e. The molecule has 3 N–H and O–H groups in total. The Labute approximate surface area is 108 Å². The first kappa shape index (κ1) is 13.1. The number of halogens is 1. The number of rotatable bonds is 5. The van der Waals surface area contributed by atoms with Crippen molar-refractivity contribution in [1.82, 2.24) is 0 Å². The molecule has 0 aliphatic rings. The lowest BCUT2D eigenvalue weighted by atomic mass is 10.2. The molecular weight excluding hydrogens is 253 g/mol. The van der Waals surface area contributed by atoms with Crippen LogP contribution >= 0.6 is 0 Å². The SMILES string of the molecule is O=C(O)c1cc(NCc2ccc(CO)o2)ccc1F. The van der Waals surface area contributed by atoms with Gasteiger partial charge in [-0.1, -0.05) is 0 Å². The lowest BCUT2D eigenvalue weighted by molar-refractivity contribution is 0.0692. The van der Waals surface area contributed by atoms with Gasteiger partial charge in [0.15, 0.2) is 0 Å². The van der Waals surface area contributed by atoms with Gasteiger partial charge >= 0.3 is 5.97 Å². The van der Waals surface area contributed by atoms with Crippen molar-refractivity contribution in [1.29, 1.82) is 0 Å². The maximum absolute atomic E-state index is 13.2. The Hall–Kier alpha value is -2.34. The second kappa shape index (κ2) is 5.53. The first-order valence-corrected chi connectivity index (χ1v) is 5.55. The van der Waals surface area contributed by atoms with Crippen LogP contribution in [0.25, 0.3) is 0 Å². The molecule has 6 heteroatoms. The third-order valence-electron chi connectivity index (χ3n) is 2.54. The molecular formula is C13H12FNO4. The summed E-state index contributed by atoms with van der Waals surface area (Å²) in [4.78, 5) is 10.8. The van der Waals surface area contributed by atoms with Crippen molar-refractivity contribution in [2.75, 3.05) is 5.32 Å². The third-order valence-corrected chi connectivity index (χ3v) is 2.54. The van der Waals surface area contributed by atoms with E-state index in [0.29, 0.717) is 23.8 Å². The van der Waals surface area contributed by atoms with Crippen LogP contribution in [0, 0.1) is 5.82 Å². The van der Waals surface area contributed by atoms with E-state index in [1.807, 2.05) is 0 Å². The molecule has 0 bridgehead atoms. The van der Waals surface area contributed by atoms with Crippen LogP contribution in [0.1, 0.15) is 21.9 Å². The summed E-state index contributed by atoms with van der Waals surface area (Å²) in [7, 11) is 0. The average Bonchev–Trinajstić information content (AvgIpc) is 2.85. The standard InChI is InChI=1S/C13H12FNO4/c14-12-4-1-8(5-11(12)13(17)18)15-6-9-2-3-10(7-16)19-9/h1-5,15-16H,6-7H2,(H,17,18). The number of carboxylic acid groups (broad SMARTS) is 1. The zero-order valence-electron chi connectivity index (χ0n) is 9.89. The number of aliphatic hydroxyl groups excluding tert-OH is 1. The molecule has 1 aromatic carbocycles. The minimum Gasteiger partial charge on any atom is -0.478 e. The molecule has 0 aliphatic carbocycles. The van der Waals surface area contributed by atoms with E-state index in [2.05, 4.69) is 5.32 Å². The second-order valence-electron chi connectivity index (χ2n) is 3.88. The molecule has 2 aromatic rings. The first-order chi connectivity index (χ1) is 9.10. The van der Waals surface area contributed by atoms with Crippen LogP contribution in [0.4, 0.5) is 10.1 Å². The highest BCUT2D eigenvalue weighted by atomic mass is 19.1. The predicted molar refractivity (Wildman–Crippen MR) is 65.3 cm³/mol. The Kier molecular flexibility index (Phi) is 3.82. The van der Waals surface area contributed by atoms with Crippen LogP contribution in [-0.4, -0.2) is 16.2 Å². The summed E-state index contributed by atoms with van der Waals surface area (Å²) < 4.78 is 18.4. The van der Waals surface area contributed by atoms with Gasteiger partial charge in [0.25, 0.3) is 0 Å². The molecule has 0 radical (unpaired) electrons. The highest BCUT2D eigenvalue weighted by Gasteiger charge is 2.10. The first-order valence-electron chi connectivity index (χ1n) is 5.55. The number of hydrogen-bond acceptors (Lipinski definition) is 4. The summed E-state index contributed by atoms with van der Waals surface area (Å²) in [6.07, 6.45) is 0. The summed E-state index contributed by atoms with van der Waals surface area (Å²) in [6, 6.07) is 7.09. The van der Waals surface area contributed by atoms with Crippen LogP contribution in [0.3, 0.4) is 0 Å². The van der Waals surface area contributed by atoms with Gasteiger partial charge in [0.05, 0.1) is 12.1 Å². The average molecular weight is 265 g/mol. The van der Waals surface area contributed by atoms with Gasteiger partial charge in [-0.05, 0) is 30.3 Å². The number of nitrogens with one attached hydrogen (secondary N) is 1. The van der Waals surface area contributed by atoms with E-state index in [1.165, 1.54) is 12.1 Å². The molecule has 0 saturated heterocycles. The van der Waals surface area contributed by atoms with Crippen molar-refractivity contribution >= 4 is 11.7 Å². The Balaban J connectivity index is 2.07. The molecule has 100 valence electrons. The third kappa shape index (κ3) is 3.11. The summed E-state index contributed by atoms with van der Waals surface area (Å²) in [5.74, 6) is -1.06. The van der Waals surface area contributed by atoms with Gasteiger partial charge < -0.3 is 19.9 Å². The maximum atomic E-state index is 13.2. The smallest absolute Gasteiger partial charge is 0.338 e. The summed E-state index contributed by atoms with van der Waals surface area (Å²) >= 11 is 0. The van der Waals surface area contributed by atoms with Gasteiger partial charge in [-0.15, -0.1) is 0 Å². The molecule has 1 aromatic heterocycles. The van der Waals surface area contributed by atoms with Crippen molar-refractivity contribution in [3.05, 3.63) is 53.2 Å². The van der Waals surface area contributed by atoms with Crippen molar-refractivity contribution in [3.63, 3.8) is 0 Å². The number of carbonyl (C=O) groups is 1. The van der Waals surface area contributed by atoms with E-state index in [9.17, 15) is 9.18 Å². The molecule has 0 unspecified atom stereocenters. The van der Waals surface area contributed by atoms with E-state index >= 15 is 0 Å².